The minimum atomic E-state index is 0.568. The fourth-order valence-corrected chi connectivity index (χ4v) is 1.83. The first-order chi connectivity index (χ1) is 4.86. The molecule has 0 aliphatic heterocycles. The molecule has 1 heteroatoms. The van der Waals surface area contributed by atoms with Gasteiger partial charge in [0.1, 0.15) is 0 Å². The highest BCUT2D eigenvalue weighted by molar-refractivity contribution is 4.71. The van der Waals surface area contributed by atoms with E-state index in [0.29, 0.717) is 6.10 Å². The Hall–Kier alpha value is -0.0400. The lowest BCUT2D eigenvalue weighted by atomic mass is 9.86. The van der Waals surface area contributed by atoms with E-state index >= 15 is 0 Å². The summed E-state index contributed by atoms with van der Waals surface area (Å²) in [5, 5.41) is 0. The summed E-state index contributed by atoms with van der Waals surface area (Å²) in [6.07, 6.45) is 7.28. The van der Waals surface area contributed by atoms with Crippen LogP contribution in [0.4, 0.5) is 0 Å². The topological polar surface area (TPSA) is 9.23 Å². The average molecular weight is 142 g/mol. The van der Waals surface area contributed by atoms with Crippen LogP contribution in [0.5, 0.6) is 0 Å². The molecular weight excluding hydrogens is 124 g/mol. The van der Waals surface area contributed by atoms with Gasteiger partial charge in [0.05, 0.1) is 6.10 Å². The summed E-state index contributed by atoms with van der Waals surface area (Å²) >= 11 is 0. The molecule has 2 atom stereocenters. The summed E-state index contributed by atoms with van der Waals surface area (Å²) in [6, 6.07) is 0. The maximum atomic E-state index is 5.32. The van der Waals surface area contributed by atoms with E-state index in [1.54, 1.807) is 0 Å². The summed E-state index contributed by atoms with van der Waals surface area (Å²) in [6.45, 7) is 2.28. The lowest BCUT2D eigenvalue weighted by Gasteiger charge is -2.27. The fourth-order valence-electron chi connectivity index (χ4n) is 1.83. The standard InChI is InChI=1S/C9H18O/c1-3-8-5-4-6-9(7-8)10-2/h8-9H,3-7H2,1-2H3/t8-,9+/m1/s1. The SMILES string of the molecule is CC[C@@H]1CCC[C@H](OC)C1. The Kier molecular flexibility index (Phi) is 3.20. The van der Waals surface area contributed by atoms with E-state index in [-0.39, 0.29) is 0 Å². The Morgan fingerprint density at radius 1 is 1.40 bits per heavy atom. The smallest absolute Gasteiger partial charge is 0.0574 e. The van der Waals surface area contributed by atoms with Crippen molar-refractivity contribution in [3.63, 3.8) is 0 Å². The van der Waals surface area contributed by atoms with Gasteiger partial charge >= 0.3 is 0 Å². The van der Waals surface area contributed by atoms with Gasteiger partial charge < -0.3 is 4.74 Å². The number of rotatable bonds is 2. The third kappa shape index (κ3) is 1.98. The summed E-state index contributed by atoms with van der Waals surface area (Å²) in [5.41, 5.74) is 0. The quantitative estimate of drug-likeness (QED) is 0.576. The zero-order valence-corrected chi connectivity index (χ0v) is 7.10. The van der Waals surface area contributed by atoms with Crippen LogP contribution in [0.2, 0.25) is 0 Å². The first-order valence-electron chi connectivity index (χ1n) is 4.39. The zero-order valence-electron chi connectivity index (χ0n) is 7.10. The van der Waals surface area contributed by atoms with Crippen molar-refractivity contribution in [2.45, 2.75) is 45.1 Å². The predicted octanol–water partition coefficient (Wildman–Crippen LogP) is 2.60. The second-order valence-corrected chi connectivity index (χ2v) is 3.30. The first-order valence-corrected chi connectivity index (χ1v) is 4.39. The second-order valence-electron chi connectivity index (χ2n) is 3.30. The summed E-state index contributed by atoms with van der Waals surface area (Å²) in [7, 11) is 1.84. The van der Waals surface area contributed by atoms with Crippen molar-refractivity contribution < 1.29 is 4.74 Å². The van der Waals surface area contributed by atoms with E-state index in [2.05, 4.69) is 6.92 Å². The van der Waals surface area contributed by atoms with Crippen LogP contribution >= 0.6 is 0 Å². The van der Waals surface area contributed by atoms with Gasteiger partial charge in [-0.2, -0.15) is 0 Å². The van der Waals surface area contributed by atoms with E-state index in [9.17, 15) is 0 Å². The van der Waals surface area contributed by atoms with Crippen LogP contribution in [-0.2, 0) is 4.74 Å². The molecule has 0 aromatic heterocycles. The molecule has 60 valence electrons. The Balaban J connectivity index is 2.25. The van der Waals surface area contributed by atoms with Crippen LogP contribution in [0.15, 0.2) is 0 Å². The van der Waals surface area contributed by atoms with Gasteiger partial charge in [0.25, 0.3) is 0 Å². The van der Waals surface area contributed by atoms with Crippen molar-refractivity contribution in [2.75, 3.05) is 7.11 Å². The lowest BCUT2D eigenvalue weighted by Crippen LogP contribution is -2.20. The molecule has 1 nitrogen and oxygen atoms in total. The Labute approximate surface area is 63.8 Å². The van der Waals surface area contributed by atoms with Crippen molar-refractivity contribution in [1.29, 1.82) is 0 Å². The lowest BCUT2D eigenvalue weighted by molar-refractivity contribution is 0.0500. The molecule has 0 amide bonds. The molecule has 1 aliphatic carbocycles. The number of methoxy groups -OCH3 is 1. The molecule has 10 heavy (non-hydrogen) atoms. The molecule has 1 saturated carbocycles. The molecule has 1 aliphatic rings. The van der Waals surface area contributed by atoms with Gasteiger partial charge in [0.15, 0.2) is 0 Å². The van der Waals surface area contributed by atoms with Crippen LogP contribution in [0.25, 0.3) is 0 Å². The monoisotopic (exact) mass is 142 g/mol. The van der Waals surface area contributed by atoms with Crippen molar-refractivity contribution >= 4 is 0 Å². The van der Waals surface area contributed by atoms with Crippen LogP contribution in [0.3, 0.4) is 0 Å². The summed E-state index contributed by atoms with van der Waals surface area (Å²) in [5.74, 6) is 0.943. The second kappa shape index (κ2) is 3.97. The zero-order chi connectivity index (χ0) is 7.40. The van der Waals surface area contributed by atoms with E-state index in [1.165, 1.54) is 32.1 Å². The van der Waals surface area contributed by atoms with E-state index in [4.69, 9.17) is 4.74 Å². The van der Waals surface area contributed by atoms with Crippen molar-refractivity contribution in [2.24, 2.45) is 5.92 Å². The molecule has 0 radical (unpaired) electrons. The molecule has 0 bridgehead atoms. The Bertz CT molecular complexity index is 80.7. The highest BCUT2D eigenvalue weighted by Crippen LogP contribution is 2.27. The van der Waals surface area contributed by atoms with Gasteiger partial charge in [0, 0.05) is 7.11 Å². The molecule has 0 heterocycles. The van der Waals surface area contributed by atoms with Crippen molar-refractivity contribution in [3.8, 4) is 0 Å². The largest absolute Gasteiger partial charge is 0.381 e. The van der Waals surface area contributed by atoms with Gasteiger partial charge in [-0.05, 0) is 18.8 Å². The van der Waals surface area contributed by atoms with Gasteiger partial charge in [-0.15, -0.1) is 0 Å². The molecule has 0 aromatic carbocycles. The molecule has 1 rings (SSSR count). The molecule has 1 fully saturated rings. The minimum Gasteiger partial charge on any atom is -0.381 e. The summed E-state index contributed by atoms with van der Waals surface area (Å²) < 4.78 is 5.32. The van der Waals surface area contributed by atoms with Gasteiger partial charge in [-0.3, -0.25) is 0 Å². The third-order valence-electron chi connectivity index (χ3n) is 2.65. The van der Waals surface area contributed by atoms with Crippen LogP contribution < -0.4 is 0 Å². The van der Waals surface area contributed by atoms with Crippen molar-refractivity contribution in [1.82, 2.24) is 0 Å². The Morgan fingerprint density at radius 2 is 2.20 bits per heavy atom. The number of ether oxygens (including phenoxy) is 1. The highest BCUT2D eigenvalue weighted by atomic mass is 16.5. The highest BCUT2D eigenvalue weighted by Gasteiger charge is 2.19. The summed E-state index contributed by atoms with van der Waals surface area (Å²) in [4.78, 5) is 0. The molecule has 0 spiro atoms. The van der Waals surface area contributed by atoms with Crippen LogP contribution in [0.1, 0.15) is 39.0 Å². The minimum absolute atomic E-state index is 0.568. The third-order valence-corrected chi connectivity index (χ3v) is 2.65. The fraction of sp³-hybridized carbons (Fsp3) is 1.00. The van der Waals surface area contributed by atoms with E-state index < -0.39 is 0 Å². The predicted molar refractivity (Wildman–Crippen MR) is 43.0 cm³/mol. The molecule has 0 unspecified atom stereocenters. The van der Waals surface area contributed by atoms with Gasteiger partial charge in [-0.1, -0.05) is 26.2 Å². The van der Waals surface area contributed by atoms with Crippen molar-refractivity contribution in [3.05, 3.63) is 0 Å². The van der Waals surface area contributed by atoms with Crippen LogP contribution in [-0.4, -0.2) is 13.2 Å². The molecular formula is C9H18O. The maximum Gasteiger partial charge on any atom is 0.0574 e. The van der Waals surface area contributed by atoms with E-state index in [1.807, 2.05) is 7.11 Å². The van der Waals surface area contributed by atoms with Crippen LogP contribution in [0, 0.1) is 5.92 Å². The molecule has 0 N–H and O–H groups in total. The average Bonchev–Trinajstić information content (AvgIpc) is 2.05. The molecule has 0 saturated heterocycles. The number of hydrogen-bond donors (Lipinski definition) is 0. The van der Waals surface area contributed by atoms with E-state index in [0.717, 1.165) is 5.92 Å². The molecule has 0 aromatic rings. The first kappa shape index (κ1) is 8.06. The maximum absolute atomic E-state index is 5.32. The van der Waals surface area contributed by atoms with Gasteiger partial charge in [0.2, 0.25) is 0 Å². The number of hydrogen-bond acceptors (Lipinski definition) is 1. The normalized spacial score (nSPS) is 34.2. The van der Waals surface area contributed by atoms with Gasteiger partial charge in [-0.25, -0.2) is 0 Å². The Morgan fingerprint density at radius 3 is 2.80 bits per heavy atom.